The van der Waals surface area contributed by atoms with E-state index >= 15 is 0 Å². The summed E-state index contributed by atoms with van der Waals surface area (Å²) in [7, 11) is 1.84. The first-order chi connectivity index (χ1) is 16.8. The Bertz CT molecular complexity index is 1570. The SMILES string of the molecule is Cn1cncc1C(O)(c1ccc(Br)c(CCl)c1)c1ccc2nc(Cl)cc(-c3cccc(O)c3)c2c1. The van der Waals surface area contributed by atoms with Crippen LogP contribution in [0.25, 0.3) is 22.0 Å². The van der Waals surface area contributed by atoms with Gasteiger partial charge < -0.3 is 14.8 Å². The van der Waals surface area contributed by atoms with Crippen LogP contribution in [0.3, 0.4) is 0 Å². The van der Waals surface area contributed by atoms with Gasteiger partial charge in [0.05, 0.1) is 23.7 Å². The number of halogens is 3. The number of aliphatic hydroxyl groups is 1. The second-order valence-electron chi connectivity index (χ2n) is 8.31. The Morgan fingerprint density at radius 1 is 1.03 bits per heavy atom. The van der Waals surface area contributed by atoms with Crippen molar-refractivity contribution in [1.29, 1.82) is 0 Å². The third-order valence-electron chi connectivity index (χ3n) is 6.15. The minimum absolute atomic E-state index is 0.148. The molecule has 1 unspecified atom stereocenters. The molecule has 0 saturated carbocycles. The van der Waals surface area contributed by atoms with Gasteiger partial charge >= 0.3 is 0 Å². The molecule has 35 heavy (non-hydrogen) atoms. The van der Waals surface area contributed by atoms with Gasteiger partial charge in [-0.05, 0) is 70.3 Å². The zero-order valence-corrected chi connectivity index (χ0v) is 21.7. The average Bonchev–Trinajstić information content (AvgIpc) is 3.29. The second-order valence-corrected chi connectivity index (χ2v) is 9.82. The monoisotopic (exact) mass is 567 g/mol. The van der Waals surface area contributed by atoms with Crippen LogP contribution in [0.1, 0.15) is 22.4 Å². The molecule has 2 heterocycles. The number of aryl methyl sites for hydroxylation is 1. The lowest BCUT2D eigenvalue weighted by Gasteiger charge is -2.30. The highest BCUT2D eigenvalue weighted by Crippen LogP contribution is 2.41. The molecule has 0 amide bonds. The largest absolute Gasteiger partial charge is 0.508 e. The Morgan fingerprint density at radius 3 is 2.51 bits per heavy atom. The standard InChI is InChI=1S/C27H20BrCl2N3O2/c1-33-15-31-14-25(33)27(35,18-5-7-23(28)17(9-18)13-29)19-6-8-24-22(11-19)21(12-26(30)32-24)16-3-2-4-20(34)10-16/h2-12,14-15,34-35H,13H2,1H3. The highest BCUT2D eigenvalue weighted by Gasteiger charge is 2.37. The molecular formula is C27H20BrCl2N3O2. The Hall–Kier alpha value is -2.90. The summed E-state index contributed by atoms with van der Waals surface area (Å²) in [5.74, 6) is 0.437. The maximum absolute atomic E-state index is 12.4. The first-order valence-electron chi connectivity index (χ1n) is 10.8. The summed E-state index contributed by atoms with van der Waals surface area (Å²) < 4.78 is 2.66. The van der Waals surface area contributed by atoms with Crippen molar-refractivity contribution >= 4 is 50.0 Å². The molecule has 176 valence electrons. The number of aromatic hydroxyl groups is 1. The predicted molar refractivity (Wildman–Crippen MR) is 143 cm³/mol. The third kappa shape index (κ3) is 4.21. The van der Waals surface area contributed by atoms with Crippen LogP contribution in [-0.2, 0) is 18.5 Å². The number of fused-ring (bicyclic) bond motifs is 1. The molecule has 2 N–H and O–H groups in total. The lowest BCUT2D eigenvalue weighted by Crippen LogP contribution is -2.31. The Kier molecular flexibility index (Phi) is 6.32. The lowest BCUT2D eigenvalue weighted by atomic mass is 9.82. The van der Waals surface area contributed by atoms with Crippen LogP contribution >= 0.6 is 39.1 Å². The summed E-state index contributed by atoms with van der Waals surface area (Å²) in [6, 6.07) is 20.0. The van der Waals surface area contributed by atoms with E-state index in [1.54, 1.807) is 41.4 Å². The van der Waals surface area contributed by atoms with Crippen molar-refractivity contribution in [3.8, 4) is 16.9 Å². The van der Waals surface area contributed by atoms with Gasteiger partial charge in [-0.2, -0.15) is 0 Å². The number of phenols is 1. The number of imidazole rings is 1. The molecule has 0 aliphatic heterocycles. The number of hydrogen-bond acceptors (Lipinski definition) is 4. The topological polar surface area (TPSA) is 71.2 Å². The fourth-order valence-corrected chi connectivity index (χ4v) is 5.37. The van der Waals surface area contributed by atoms with Crippen LogP contribution in [0.2, 0.25) is 5.15 Å². The second kappa shape index (κ2) is 9.28. The number of pyridine rings is 1. The Morgan fingerprint density at radius 2 is 1.80 bits per heavy atom. The zero-order valence-electron chi connectivity index (χ0n) is 18.6. The smallest absolute Gasteiger partial charge is 0.156 e. The van der Waals surface area contributed by atoms with Crippen LogP contribution in [0.5, 0.6) is 5.75 Å². The number of nitrogens with zero attached hydrogens (tertiary/aromatic N) is 3. The van der Waals surface area contributed by atoms with Crippen molar-refractivity contribution in [2.24, 2.45) is 7.05 Å². The molecule has 2 aromatic heterocycles. The highest BCUT2D eigenvalue weighted by atomic mass is 79.9. The van der Waals surface area contributed by atoms with Gasteiger partial charge in [-0.25, -0.2) is 9.97 Å². The first kappa shape index (κ1) is 23.8. The van der Waals surface area contributed by atoms with Crippen LogP contribution < -0.4 is 0 Å². The van der Waals surface area contributed by atoms with E-state index in [1.807, 2.05) is 49.5 Å². The van der Waals surface area contributed by atoms with E-state index < -0.39 is 5.60 Å². The van der Waals surface area contributed by atoms with Gasteiger partial charge in [-0.1, -0.05) is 51.8 Å². The quantitative estimate of drug-likeness (QED) is 0.181. The molecule has 0 saturated heterocycles. The molecule has 5 rings (SSSR count). The molecule has 0 radical (unpaired) electrons. The number of rotatable bonds is 5. The van der Waals surface area contributed by atoms with E-state index in [2.05, 4.69) is 25.9 Å². The van der Waals surface area contributed by atoms with E-state index in [1.165, 1.54) is 0 Å². The zero-order chi connectivity index (χ0) is 24.7. The van der Waals surface area contributed by atoms with Crippen molar-refractivity contribution in [3.63, 3.8) is 0 Å². The maximum atomic E-state index is 12.4. The van der Waals surface area contributed by atoms with Crippen molar-refractivity contribution in [2.45, 2.75) is 11.5 Å². The molecule has 0 bridgehead atoms. The summed E-state index contributed by atoms with van der Waals surface area (Å²) in [5, 5.41) is 23.6. The Labute approximate surface area is 220 Å². The molecule has 0 aliphatic carbocycles. The Balaban J connectivity index is 1.81. The molecule has 0 fully saturated rings. The summed E-state index contributed by atoms with van der Waals surface area (Å²) in [6.45, 7) is 0. The minimum Gasteiger partial charge on any atom is -0.508 e. The van der Waals surface area contributed by atoms with Gasteiger partial charge in [0.1, 0.15) is 10.9 Å². The number of phenolic OH excluding ortho intramolecular Hbond substituents is 1. The van der Waals surface area contributed by atoms with Crippen LogP contribution in [0.15, 0.2) is 83.7 Å². The lowest BCUT2D eigenvalue weighted by molar-refractivity contribution is 0.117. The molecular weight excluding hydrogens is 549 g/mol. The van der Waals surface area contributed by atoms with E-state index in [0.717, 1.165) is 26.5 Å². The molecule has 1 atom stereocenters. The van der Waals surface area contributed by atoms with E-state index in [0.29, 0.717) is 27.5 Å². The number of alkyl halides is 1. The van der Waals surface area contributed by atoms with E-state index in [9.17, 15) is 10.2 Å². The molecule has 0 spiro atoms. The highest BCUT2D eigenvalue weighted by molar-refractivity contribution is 9.10. The van der Waals surface area contributed by atoms with Crippen molar-refractivity contribution < 1.29 is 10.2 Å². The van der Waals surface area contributed by atoms with Gasteiger partial charge in [-0.3, -0.25) is 0 Å². The van der Waals surface area contributed by atoms with Crippen molar-refractivity contribution in [3.05, 3.63) is 111 Å². The molecule has 8 heteroatoms. The fraction of sp³-hybridized carbons (Fsp3) is 0.111. The average molecular weight is 569 g/mol. The number of benzene rings is 3. The number of aromatic nitrogens is 3. The molecule has 3 aromatic carbocycles. The normalized spacial score (nSPS) is 13.2. The van der Waals surface area contributed by atoms with Crippen LogP contribution in [0.4, 0.5) is 0 Å². The summed E-state index contributed by atoms with van der Waals surface area (Å²) in [4.78, 5) is 8.74. The number of hydrogen-bond donors (Lipinski definition) is 2. The summed E-state index contributed by atoms with van der Waals surface area (Å²) in [6.07, 6.45) is 3.31. The summed E-state index contributed by atoms with van der Waals surface area (Å²) >= 11 is 16.1. The van der Waals surface area contributed by atoms with Gasteiger partial charge in [0, 0.05) is 22.8 Å². The van der Waals surface area contributed by atoms with Crippen molar-refractivity contribution in [2.75, 3.05) is 0 Å². The van der Waals surface area contributed by atoms with Crippen LogP contribution in [0, 0.1) is 0 Å². The third-order valence-corrected chi connectivity index (χ3v) is 7.40. The van der Waals surface area contributed by atoms with Gasteiger partial charge in [0.2, 0.25) is 0 Å². The van der Waals surface area contributed by atoms with Gasteiger partial charge in [-0.15, -0.1) is 11.6 Å². The fourth-order valence-electron chi connectivity index (χ4n) is 4.40. The molecule has 5 aromatic rings. The van der Waals surface area contributed by atoms with E-state index in [-0.39, 0.29) is 11.6 Å². The van der Waals surface area contributed by atoms with Crippen LogP contribution in [-0.4, -0.2) is 24.7 Å². The molecule has 0 aliphatic rings. The minimum atomic E-state index is -1.53. The van der Waals surface area contributed by atoms with Crippen molar-refractivity contribution in [1.82, 2.24) is 14.5 Å². The predicted octanol–water partition coefficient (Wildman–Crippen LogP) is 6.78. The van der Waals surface area contributed by atoms with Gasteiger partial charge in [0.15, 0.2) is 5.60 Å². The maximum Gasteiger partial charge on any atom is 0.156 e. The summed E-state index contributed by atoms with van der Waals surface area (Å²) in [5.41, 5.74) is 3.46. The molecule has 5 nitrogen and oxygen atoms in total. The first-order valence-corrected chi connectivity index (χ1v) is 12.5. The van der Waals surface area contributed by atoms with E-state index in [4.69, 9.17) is 23.2 Å². The van der Waals surface area contributed by atoms with Gasteiger partial charge in [0.25, 0.3) is 0 Å².